The van der Waals surface area contributed by atoms with Crippen LogP contribution in [0.1, 0.15) is 40.0 Å². The van der Waals surface area contributed by atoms with Crippen molar-refractivity contribution >= 4 is 15.9 Å². The fraction of sp³-hybridized carbons (Fsp3) is 0.938. The van der Waals surface area contributed by atoms with Crippen molar-refractivity contribution in [1.82, 2.24) is 10.2 Å². The zero-order valence-corrected chi connectivity index (χ0v) is 15.5. The SMILES string of the molecule is CCOC1CC(NC(=O)N2CCS(=O)(=O)C(C)C2C)C12CCCO2. The highest BCUT2D eigenvalue weighted by Crippen LogP contribution is 2.45. The van der Waals surface area contributed by atoms with Gasteiger partial charge in [0.1, 0.15) is 5.60 Å². The molecule has 2 heterocycles. The highest BCUT2D eigenvalue weighted by molar-refractivity contribution is 7.92. The van der Waals surface area contributed by atoms with Gasteiger partial charge in [0.05, 0.1) is 23.1 Å². The van der Waals surface area contributed by atoms with Crippen LogP contribution >= 0.6 is 0 Å². The number of hydrogen-bond acceptors (Lipinski definition) is 5. The van der Waals surface area contributed by atoms with Crippen molar-refractivity contribution in [3.8, 4) is 0 Å². The first-order valence-corrected chi connectivity index (χ1v) is 10.6. The number of rotatable bonds is 3. The van der Waals surface area contributed by atoms with Crippen molar-refractivity contribution in [3.63, 3.8) is 0 Å². The molecule has 5 unspecified atom stereocenters. The van der Waals surface area contributed by atoms with Gasteiger partial charge in [0.2, 0.25) is 0 Å². The van der Waals surface area contributed by atoms with Gasteiger partial charge in [0.25, 0.3) is 0 Å². The molecule has 8 heteroatoms. The van der Waals surface area contributed by atoms with Gasteiger partial charge in [0.15, 0.2) is 9.84 Å². The molecule has 3 fully saturated rings. The number of urea groups is 1. The molecule has 5 atom stereocenters. The summed E-state index contributed by atoms with van der Waals surface area (Å²) in [5, 5.41) is 2.54. The minimum absolute atomic E-state index is 0.0276. The summed E-state index contributed by atoms with van der Waals surface area (Å²) < 4.78 is 35.7. The average molecular weight is 360 g/mol. The van der Waals surface area contributed by atoms with Crippen LogP contribution in [0, 0.1) is 0 Å². The third kappa shape index (κ3) is 2.82. The zero-order chi connectivity index (χ0) is 17.5. The molecule has 3 aliphatic rings. The number of carbonyl (C=O) groups is 1. The molecule has 1 aliphatic carbocycles. The lowest BCUT2D eigenvalue weighted by Crippen LogP contribution is -2.71. The molecule has 1 saturated carbocycles. The van der Waals surface area contributed by atoms with Gasteiger partial charge in [-0.05, 0) is 40.0 Å². The first kappa shape index (κ1) is 17.9. The number of ether oxygens (including phenoxy) is 2. The summed E-state index contributed by atoms with van der Waals surface area (Å²) in [4.78, 5) is 14.3. The molecule has 24 heavy (non-hydrogen) atoms. The first-order valence-electron chi connectivity index (χ1n) is 8.86. The zero-order valence-electron chi connectivity index (χ0n) is 14.7. The van der Waals surface area contributed by atoms with Crippen molar-refractivity contribution in [2.75, 3.05) is 25.5 Å². The van der Waals surface area contributed by atoms with Crippen LogP contribution in [0.4, 0.5) is 4.79 Å². The van der Waals surface area contributed by atoms with E-state index in [0.717, 1.165) is 19.3 Å². The van der Waals surface area contributed by atoms with E-state index < -0.39 is 20.7 Å². The Morgan fingerprint density at radius 2 is 2.17 bits per heavy atom. The maximum Gasteiger partial charge on any atom is 0.318 e. The first-order chi connectivity index (χ1) is 11.3. The van der Waals surface area contributed by atoms with E-state index in [1.54, 1.807) is 18.7 Å². The van der Waals surface area contributed by atoms with E-state index in [2.05, 4.69) is 5.32 Å². The van der Waals surface area contributed by atoms with Gasteiger partial charge in [-0.15, -0.1) is 0 Å². The molecule has 0 bridgehead atoms. The third-order valence-electron chi connectivity index (χ3n) is 5.95. The Balaban J connectivity index is 1.65. The normalized spacial score (nSPS) is 41.2. The Hall–Kier alpha value is -0.860. The summed E-state index contributed by atoms with van der Waals surface area (Å²) in [6.07, 6.45) is 2.65. The molecule has 0 aromatic rings. The Kier molecular flexibility index (Phi) is 4.83. The molecular weight excluding hydrogens is 332 g/mol. The van der Waals surface area contributed by atoms with Gasteiger partial charge < -0.3 is 19.7 Å². The highest BCUT2D eigenvalue weighted by Gasteiger charge is 2.59. The second kappa shape index (κ2) is 6.46. The van der Waals surface area contributed by atoms with Gasteiger partial charge in [0, 0.05) is 25.8 Å². The van der Waals surface area contributed by atoms with Gasteiger partial charge in [-0.1, -0.05) is 0 Å². The molecule has 1 spiro atoms. The molecule has 138 valence electrons. The third-order valence-corrected chi connectivity index (χ3v) is 8.23. The Labute approximate surface area is 144 Å². The van der Waals surface area contributed by atoms with Crippen molar-refractivity contribution in [3.05, 3.63) is 0 Å². The van der Waals surface area contributed by atoms with Crippen LogP contribution in [-0.2, 0) is 19.3 Å². The fourth-order valence-corrected chi connectivity index (χ4v) is 5.74. The summed E-state index contributed by atoms with van der Waals surface area (Å²) in [5.74, 6) is 0.0276. The van der Waals surface area contributed by atoms with Crippen LogP contribution in [0.3, 0.4) is 0 Å². The summed E-state index contributed by atoms with van der Waals surface area (Å²) in [6, 6.07) is -0.587. The second-order valence-electron chi connectivity index (χ2n) is 7.09. The molecule has 2 aliphatic heterocycles. The summed E-state index contributed by atoms with van der Waals surface area (Å²) in [7, 11) is -3.10. The molecule has 0 radical (unpaired) electrons. The van der Waals surface area contributed by atoms with E-state index in [4.69, 9.17) is 9.47 Å². The van der Waals surface area contributed by atoms with E-state index in [0.29, 0.717) is 13.2 Å². The van der Waals surface area contributed by atoms with Crippen molar-refractivity contribution in [1.29, 1.82) is 0 Å². The molecule has 2 amide bonds. The average Bonchev–Trinajstić information content (AvgIpc) is 3.04. The molecular formula is C16H28N2O5S. The molecule has 7 nitrogen and oxygen atoms in total. The monoisotopic (exact) mass is 360 g/mol. The Morgan fingerprint density at radius 1 is 1.42 bits per heavy atom. The summed E-state index contributed by atoms with van der Waals surface area (Å²) in [6.45, 7) is 7.02. The Bertz CT molecular complexity index is 587. The molecule has 1 N–H and O–H groups in total. The predicted molar refractivity (Wildman–Crippen MR) is 89.7 cm³/mol. The Morgan fingerprint density at radius 3 is 2.79 bits per heavy atom. The lowest BCUT2D eigenvalue weighted by molar-refractivity contribution is -0.195. The maximum atomic E-state index is 12.7. The van der Waals surface area contributed by atoms with Crippen molar-refractivity contribution in [2.24, 2.45) is 0 Å². The van der Waals surface area contributed by atoms with Gasteiger partial charge in [-0.25, -0.2) is 13.2 Å². The standard InChI is InChI=1S/C16H28N2O5S/c1-4-22-14-10-13(16(14)6-5-8-23-16)17-15(19)18-7-9-24(20,21)12(3)11(18)2/h11-14H,4-10H2,1-3H3,(H,17,19). The topological polar surface area (TPSA) is 84.9 Å². The highest BCUT2D eigenvalue weighted by atomic mass is 32.2. The quantitative estimate of drug-likeness (QED) is 0.809. The molecule has 0 aromatic heterocycles. The van der Waals surface area contributed by atoms with Crippen LogP contribution in [-0.4, -0.2) is 73.9 Å². The minimum atomic E-state index is -3.10. The van der Waals surface area contributed by atoms with E-state index in [1.807, 2.05) is 6.92 Å². The van der Waals surface area contributed by atoms with E-state index in [9.17, 15) is 13.2 Å². The number of nitrogens with one attached hydrogen (secondary N) is 1. The van der Waals surface area contributed by atoms with Crippen LogP contribution in [0.2, 0.25) is 0 Å². The summed E-state index contributed by atoms with van der Waals surface area (Å²) >= 11 is 0. The number of amides is 2. The molecule has 2 saturated heterocycles. The molecule has 0 aromatic carbocycles. The van der Waals surface area contributed by atoms with E-state index in [1.165, 1.54) is 0 Å². The van der Waals surface area contributed by atoms with Crippen LogP contribution in [0.15, 0.2) is 0 Å². The van der Waals surface area contributed by atoms with E-state index in [-0.39, 0.29) is 36.5 Å². The predicted octanol–water partition coefficient (Wildman–Crippen LogP) is 0.930. The number of carbonyl (C=O) groups excluding carboxylic acids is 1. The summed E-state index contributed by atoms with van der Waals surface area (Å²) in [5.41, 5.74) is -0.400. The van der Waals surface area contributed by atoms with Crippen molar-refractivity contribution < 1.29 is 22.7 Å². The molecule has 3 rings (SSSR count). The van der Waals surface area contributed by atoms with Gasteiger partial charge in [-0.2, -0.15) is 0 Å². The number of sulfone groups is 1. The maximum absolute atomic E-state index is 12.7. The fourth-order valence-electron chi connectivity index (χ4n) is 4.17. The lowest BCUT2D eigenvalue weighted by atomic mass is 9.70. The second-order valence-corrected chi connectivity index (χ2v) is 9.57. The number of nitrogens with zero attached hydrogens (tertiary/aromatic N) is 1. The lowest BCUT2D eigenvalue weighted by Gasteiger charge is -2.53. The van der Waals surface area contributed by atoms with Gasteiger partial charge >= 0.3 is 6.03 Å². The smallest absolute Gasteiger partial charge is 0.318 e. The van der Waals surface area contributed by atoms with Crippen LogP contribution in [0.25, 0.3) is 0 Å². The number of hydrogen-bond donors (Lipinski definition) is 1. The van der Waals surface area contributed by atoms with E-state index >= 15 is 0 Å². The van der Waals surface area contributed by atoms with Crippen LogP contribution < -0.4 is 5.32 Å². The van der Waals surface area contributed by atoms with Gasteiger partial charge in [-0.3, -0.25) is 0 Å². The minimum Gasteiger partial charge on any atom is -0.375 e. The van der Waals surface area contributed by atoms with Crippen molar-refractivity contribution in [2.45, 2.75) is 69.1 Å². The van der Waals surface area contributed by atoms with Crippen LogP contribution in [0.5, 0.6) is 0 Å². The largest absolute Gasteiger partial charge is 0.375 e.